The Kier molecular flexibility index (Phi) is 7.78. The number of rotatable bonds is 5. The van der Waals surface area contributed by atoms with Gasteiger partial charge in [0.25, 0.3) is 0 Å². The molecule has 0 unspecified atom stereocenters. The Labute approximate surface area is 98.9 Å². The second-order valence-corrected chi connectivity index (χ2v) is 3.28. The molecule has 0 aliphatic heterocycles. The van der Waals surface area contributed by atoms with E-state index in [1.54, 1.807) is 13.0 Å². The average molecular weight is 330 g/mol. The third kappa shape index (κ3) is 6.15. The zero-order valence-corrected chi connectivity index (χ0v) is 10.8. The molecule has 0 aromatic carbocycles. The van der Waals surface area contributed by atoms with Gasteiger partial charge in [-0.2, -0.15) is 0 Å². The highest BCUT2D eigenvalue weighted by Crippen LogP contribution is 2.01. The highest BCUT2D eigenvalue weighted by atomic mass is 79.9. The van der Waals surface area contributed by atoms with Crippen LogP contribution in [0.5, 0.6) is 0 Å². The summed E-state index contributed by atoms with van der Waals surface area (Å²) in [6.45, 7) is 1.67. The number of ether oxygens (including phenoxy) is 2. The molecule has 6 heteroatoms. The van der Waals surface area contributed by atoms with E-state index in [9.17, 15) is 9.59 Å². The topological polar surface area (TPSA) is 52.6 Å². The zero-order chi connectivity index (χ0) is 11.0. The Morgan fingerprint density at radius 2 is 1.79 bits per heavy atom. The molecular formula is C8H10Br2O4. The van der Waals surface area contributed by atoms with Gasteiger partial charge in [-0.15, -0.1) is 0 Å². The molecule has 0 aliphatic rings. The van der Waals surface area contributed by atoms with E-state index < -0.39 is 11.9 Å². The predicted octanol–water partition coefficient (Wildman–Crippen LogP) is 1.77. The van der Waals surface area contributed by atoms with Crippen LogP contribution in [0.4, 0.5) is 0 Å². The summed E-state index contributed by atoms with van der Waals surface area (Å²) in [7, 11) is 0. The van der Waals surface area contributed by atoms with Crippen LogP contribution in [0.2, 0.25) is 0 Å². The third-order valence-electron chi connectivity index (χ3n) is 1.16. The normalized spacial score (nSPS) is 10.9. The van der Waals surface area contributed by atoms with Gasteiger partial charge in [-0.05, 0) is 13.0 Å². The van der Waals surface area contributed by atoms with Gasteiger partial charge < -0.3 is 9.47 Å². The molecule has 0 fully saturated rings. The predicted molar refractivity (Wildman–Crippen MR) is 58.4 cm³/mol. The smallest absolute Gasteiger partial charge is 0.321 e. The molecule has 0 radical (unpaired) electrons. The van der Waals surface area contributed by atoms with Crippen LogP contribution >= 0.6 is 31.9 Å². The number of allylic oxidation sites excluding steroid dienone is 1. The quantitative estimate of drug-likeness (QED) is 0.438. The largest absolute Gasteiger partial charge is 0.457 e. The molecule has 4 nitrogen and oxygen atoms in total. The van der Waals surface area contributed by atoms with Crippen LogP contribution in [0.1, 0.15) is 6.92 Å². The first kappa shape index (κ1) is 13.6. The summed E-state index contributed by atoms with van der Waals surface area (Å²) in [6, 6.07) is 0. The molecule has 0 amide bonds. The van der Waals surface area contributed by atoms with Crippen molar-refractivity contribution in [2.75, 3.05) is 17.3 Å². The van der Waals surface area contributed by atoms with Crippen molar-refractivity contribution in [3.8, 4) is 0 Å². The number of carbonyl (C=O) groups is 2. The van der Waals surface area contributed by atoms with Crippen molar-refractivity contribution in [2.45, 2.75) is 6.92 Å². The Bertz CT molecular complexity index is 237. The lowest BCUT2D eigenvalue weighted by Crippen LogP contribution is -2.13. The van der Waals surface area contributed by atoms with Crippen LogP contribution in [0.3, 0.4) is 0 Å². The summed E-state index contributed by atoms with van der Waals surface area (Å²) >= 11 is 5.89. The highest BCUT2D eigenvalue weighted by Gasteiger charge is 2.07. The molecule has 0 aromatic rings. The summed E-state index contributed by atoms with van der Waals surface area (Å²) in [4.78, 5) is 21.6. The van der Waals surface area contributed by atoms with Crippen molar-refractivity contribution < 1.29 is 19.1 Å². The maximum atomic E-state index is 10.8. The van der Waals surface area contributed by atoms with E-state index in [0.717, 1.165) is 0 Å². The molecule has 80 valence electrons. The van der Waals surface area contributed by atoms with E-state index in [0.29, 0.717) is 5.76 Å². The Morgan fingerprint density at radius 1 is 1.21 bits per heavy atom. The lowest BCUT2D eigenvalue weighted by atomic mass is 10.5. The molecule has 14 heavy (non-hydrogen) atoms. The van der Waals surface area contributed by atoms with Crippen LogP contribution in [0.25, 0.3) is 0 Å². The minimum Gasteiger partial charge on any atom is -0.457 e. The van der Waals surface area contributed by atoms with Gasteiger partial charge in [-0.1, -0.05) is 31.9 Å². The minimum atomic E-state index is -0.423. The average Bonchev–Trinajstić information content (AvgIpc) is 2.22. The first-order valence-corrected chi connectivity index (χ1v) is 6.01. The van der Waals surface area contributed by atoms with Gasteiger partial charge in [0.15, 0.2) is 0 Å². The second-order valence-electron chi connectivity index (χ2n) is 2.16. The van der Waals surface area contributed by atoms with Crippen molar-refractivity contribution in [2.24, 2.45) is 0 Å². The highest BCUT2D eigenvalue weighted by molar-refractivity contribution is 9.09. The van der Waals surface area contributed by atoms with E-state index >= 15 is 0 Å². The molecule has 0 aromatic heterocycles. The third-order valence-corrected chi connectivity index (χ3v) is 2.08. The van der Waals surface area contributed by atoms with Crippen LogP contribution in [0.15, 0.2) is 11.8 Å². The van der Waals surface area contributed by atoms with Gasteiger partial charge in [0.1, 0.15) is 23.0 Å². The molecular weight excluding hydrogens is 320 g/mol. The molecule has 0 aliphatic carbocycles. The second kappa shape index (κ2) is 7.99. The monoisotopic (exact) mass is 328 g/mol. The fourth-order valence-electron chi connectivity index (χ4n) is 0.535. The molecule has 0 spiro atoms. The van der Waals surface area contributed by atoms with Crippen LogP contribution in [0, 0.1) is 0 Å². The standard InChI is InChI=1S/C8H10Br2O4/c1-2-6(14-8(12)4-10)5-13-7(11)3-9/h2H,3-5H2,1H3. The maximum absolute atomic E-state index is 10.8. The van der Waals surface area contributed by atoms with Crippen molar-refractivity contribution in [1.82, 2.24) is 0 Å². The number of alkyl halides is 2. The van der Waals surface area contributed by atoms with Gasteiger partial charge >= 0.3 is 11.9 Å². The van der Waals surface area contributed by atoms with Gasteiger partial charge in [-0.3, -0.25) is 9.59 Å². The van der Waals surface area contributed by atoms with E-state index in [-0.39, 0.29) is 17.3 Å². The summed E-state index contributed by atoms with van der Waals surface area (Å²) in [5.41, 5.74) is 0. The van der Waals surface area contributed by atoms with Gasteiger partial charge in [0, 0.05) is 0 Å². The maximum Gasteiger partial charge on any atom is 0.321 e. The first-order chi connectivity index (χ1) is 6.63. The SMILES string of the molecule is CC=C(COC(=O)CBr)OC(=O)CBr. The zero-order valence-electron chi connectivity index (χ0n) is 7.59. The molecule has 0 bridgehead atoms. The molecule has 0 rings (SSSR count). The minimum absolute atomic E-state index is 0.0281. The fraction of sp³-hybridized carbons (Fsp3) is 0.500. The Hall–Kier alpha value is -0.360. The fourth-order valence-corrected chi connectivity index (χ4v) is 0.812. The Balaban J connectivity index is 3.93. The van der Waals surface area contributed by atoms with E-state index in [2.05, 4.69) is 31.9 Å². The van der Waals surface area contributed by atoms with Crippen molar-refractivity contribution in [3.05, 3.63) is 11.8 Å². The van der Waals surface area contributed by atoms with Crippen LogP contribution in [-0.2, 0) is 19.1 Å². The van der Waals surface area contributed by atoms with E-state index in [1.807, 2.05) is 0 Å². The van der Waals surface area contributed by atoms with Gasteiger partial charge in [-0.25, -0.2) is 0 Å². The lowest BCUT2D eigenvalue weighted by molar-refractivity contribution is -0.144. The van der Waals surface area contributed by atoms with Crippen molar-refractivity contribution in [1.29, 1.82) is 0 Å². The number of esters is 2. The summed E-state index contributed by atoms with van der Waals surface area (Å²) in [5.74, 6) is -0.504. The van der Waals surface area contributed by atoms with Gasteiger partial charge in [0.2, 0.25) is 0 Å². The van der Waals surface area contributed by atoms with Crippen LogP contribution in [-0.4, -0.2) is 29.2 Å². The first-order valence-electron chi connectivity index (χ1n) is 3.77. The summed E-state index contributed by atoms with van der Waals surface area (Å²) < 4.78 is 9.57. The Morgan fingerprint density at radius 3 is 2.21 bits per heavy atom. The van der Waals surface area contributed by atoms with E-state index in [4.69, 9.17) is 9.47 Å². The van der Waals surface area contributed by atoms with Crippen molar-refractivity contribution >= 4 is 43.8 Å². The van der Waals surface area contributed by atoms with Gasteiger partial charge in [0.05, 0.1) is 0 Å². The number of halogens is 2. The molecule has 0 atom stereocenters. The molecule has 0 heterocycles. The molecule has 0 saturated carbocycles. The van der Waals surface area contributed by atoms with E-state index in [1.165, 1.54) is 0 Å². The summed E-state index contributed by atoms with van der Waals surface area (Å²) in [6.07, 6.45) is 1.57. The number of carbonyl (C=O) groups excluding carboxylic acids is 2. The summed E-state index contributed by atoms with van der Waals surface area (Å²) in [5, 5.41) is 0.229. The molecule has 0 N–H and O–H groups in total. The lowest BCUT2D eigenvalue weighted by Gasteiger charge is -2.07. The number of hydrogen-bond acceptors (Lipinski definition) is 4. The number of hydrogen-bond donors (Lipinski definition) is 0. The van der Waals surface area contributed by atoms with Crippen LogP contribution < -0.4 is 0 Å². The molecule has 0 saturated heterocycles. The van der Waals surface area contributed by atoms with Crippen molar-refractivity contribution in [3.63, 3.8) is 0 Å².